The first kappa shape index (κ1) is 22.7. The van der Waals surface area contributed by atoms with Gasteiger partial charge in [-0.2, -0.15) is 16.8 Å². The highest BCUT2D eigenvalue weighted by molar-refractivity contribution is 7.86. The molecule has 5 rings (SSSR count). The Bertz CT molecular complexity index is 1870. The van der Waals surface area contributed by atoms with Crippen LogP contribution in [0.4, 0.5) is 10.5 Å². The third kappa shape index (κ3) is 3.64. The number of amides is 1. The van der Waals surface area contributed by atoms with Crippen LogP contribution in [0.25, 0.3) is 32.3 Å². The molecule has 35 heavy (non-hydrogen) atoms. The summed E-state index contributed by atoms with van der Waals surface area (Å²) in [6.07, 6.45) is -1.23. The average molecular weight is 518 g/mol. The second-order valence-corrected chi connectivity index (χ2v) is 10.3. The lowest BCUT2D eigenvalue weighted by Gasteiger charge is -2.17. The summed E-state index contributed by atoms with van der Waals surface area (Å²) < 4.78 is 68.2. The van der Waals surface area contributed by atoms with E-state index in [1.807, 2.05) is 0 Å². The molecule has 14 heteroatoms. The maximum atomic E-state index is 12.5. The number of aromatic hydroxyl groups is 2. The molecule has 0 atom stereocenters. The standard InChI is InChI=1S/C21H14N2O10S2/c24-17-7-8-18(25)23(17)33-21(26)22-14-9-16(35(30,31)32)13-5-4-12-15(34(27,28)29)6-2-10-1-3-11(14)20(13)19(10)12/h1-9,24-25H,(H,22,26)(H,27,28,29)(H,30,31,32). The summed E-state index contributed by atoms with van der Waals surface area (Å²) in [5, 5.41) is 22.9. The van der Waals surface area contributed by atoms with E-state index in [0.717, 1.165) is 18.2 Å². The summed E-state index contributed by atoms with van der Waals surface area (Å²) in [6.45, 7) is 0. The maximum Gasteiger partial charge on any atom is 0.436 e. The number of nitrogens with one attached hydrogen (secondary N) is 1. The molecule has 0 unspecified atom stereocenters. The number of carbonyl (C=O) groups is 1. The molecule has 0 spiro atoms. The van der Waals surface area contributed by atoms with Gasteiger partial charge in [-0.25, -0.2) is 4.79 Å². The Morgan fingerprint density at radius 3 is 1.89 bits per heavy atom. The molecular formula is C21H14N2O10S2. The van der Waals surface area contributed by atoms with E-state index in [4.69, 9.17) is 4.84 Å². The number of nitrogens with zero attached hydrogens (tertiary/aromatic N) is 1. The Morgan fingerprint density at radius 1 is 0.743 bits per heavy atom. The van der Waals surface area contributed by atoms with Crippen LogP contribution in [-0.2, 0) is 20.2 Å². The van der Waals surface area contributed by atoms with Gasteiger partial charge in [0.2, 0.25) is 11.8 Å². The molecule has 0 aliphatic carbocycles. The number of hydrogen-bond acceptors (Lipinski definition) is 8. The Labute approximate surface area is 196 Å². The van der Waals surface area contributed by atoms with Gasteiger partial charge < -0.3 is 15.1 Å². The first-order valence-electron chi connectivity index (χ1n) is 9.65. The van der Waals surface area contributed by atoms with Crippen LogP contribution in [0.1, 0.15) is 0 Å². The molecule has 5 aromatic rings. The van der Waals surface area contributed by atoms with Crippen LogP contribution < -0.4 is 10.2 Å². The second kappa shape index (κ2) is 7.44. The van der Waals surface area contributed by atoms with E-state index in [2.05, 4.69) is 5.32 Å². The molecule has 4 aromatic carbocycles. The summed E-state index contributed by atoms with van der Waals surface area (Å²) in [4.78, 5) is 16.3. The van der Waals surface area contributed by atoms with Gasteiger partial charge in [0.15, 0.2) is 0 Å². The van der Waals surface area contributed by atoms with Crippen molar-refractivity contribution < 1.29 is 45.8 Å². The number of aromatic nitrogens is 1. The summed E-state index contributed by atoms with van der Waals surface area (Å²) in [6, 6.07) is 11.4. The molecular weight excluding hydrogens is 504 g/mol. The van der Waals surface area contributed by atoms with Crippen molar-refractivity contribution in [2.24, 2.45) is 0 Å². The van der Waals surface area contributed by atoms with Gasteiger partial charge in [0.25, 0.3) is 20.2 Å². The highest BCUT2D eigenvalue weighted by Crippen LogP contribution is 2.42. The van der Waals surface area contributed by atoms with Gasteiger partial charge in [-0.3, -0.25) is 14.4 Å². The highest BCUT2D eigenvalue weighted by atomic mass is 32.2. The van der Waals surface area contributed by atoms with E-state index in [0.29, 0.717) is 10.1 Å². The number of rotatable bonds is 4. The zero-order chi connectivity index (χ0) is 25.3. The van der Waals surface area contributed by atoms with E-state index < -0.39 is 47.9 Å². The van der Waals surface area contributed by atoms with Crippen LogP contribution in [0.2, 0.25) is 0 Å². The van der Waals surface area contributed by atoms with Gasteiger partial charge in [0.1, 0.15) is 9.79 Å². The molecule has 0 radical (unpaired) electrons. The average Bonchev–Trinajstić information content (AvgIpc) is 3.08. The van der Waals surface area contributed by atoms with Crippen LogP contribution in [0, 0.1) is 0 Å². The predicted molar refractivity (Wildman–Crippen MR) is 123 cm³/mol. The fraction of sp³-hybridized carbons (Fsp3) is 0. The Hall–Kier alpha value is -4.11. The second-order valence-electron chi connectivity index (χ2n) is 7.53. The molecule has 0 bridgehead atoms. The van der Waals surface area contributed by atoms with Crippen molar-refractivity contribution >= 4 is 64.3 Å². The zero-order valence-corrected chi connectivity index (χ0v) is 18.8. The predicted octanol–water partition coefficient (Wildman–Crippen LogP) is 2.95. The minimum Gasteiger partial charge on any atom is -0.492 e. The molecule has 0 fully saturated rings. The largest absolute Gasteiger partial charge is 0.492 e. The zero-order valence-electron chi connectivity index (χ0n) is 17.2. The minimum absolute atomic E-state index is 0.0349. The van der Waals surface area contributed by atoms with Gasteiger partial charge in [-0.05, 0) is 22.9 Å². The maximum absolute atomic E-state index is 12.5. The smallest absolute Gasteiger partial charge is 0.436 e. The molecule has 12 nitrogen and oxygen atoms in total. The van der Waals surface area contributed by atoms with Crippen molar-refractivity contribution in [3.63, 3.8) is 0 Å². The lowest BCUT2D eigenvalue weighted by molar-refractivity contribution is 0.120. The third-order valence-corrected chi connectivity index (χ3v) is 7.27. The first-order valence-corrected chi connectivity index (χ1v) is 12.5. The van der Waals surface area contributed by atoms with Crippen molar-refractivity contribution in [3.8, 4) is 11.8 Å². The first-order chi connectivity index (χ1) is 16.4. The van der Waals surface area contributed by atoms with Gasteiger partial charge in [0.05, 0.1) is 5.69 Å². The lowest BCUT2D eigenvalue weighted by Crippen LogP contribution is -2.24. The van der Waals surface area contributed by atoms with Crippen LogP contribution in [0.5, 0.6) is 11.8 Å². The lowest BCUT2D eigenvalue weighted by atomic mass is 9.93. The van der Waals surface area contributed by atoms with Crippen LogP contribution in [0.3, 0.4) is 0 Å². The number of hydrogen-bond donors (Lipinski definition) is 5. The normalized spacial score (nSPS) is 12.5. The molecule has 180 valence electrons. The van der Waals surface area contributed by atoms with Gasteiger partial charge in [-0.1, -0.05) is 30.3 Å². The van der Waals surface area contributed by atoms with Gasteiger partial charge in [0, 0.05) is 33.7 Å². The van der Waals surface area contributed by atoms with E-state index in [9.17, 15) is 40.9 Å². The van der Waals surface area contributed by atoms with Crippen molar-refractivity contribution in [2.45, 2.75) is 9.79 Å². The topological polar surface area (TPSA) is 192 Å². The van der Waals surface area contributed by atoms with E-state index >= 15 is 0 Å². The van der Waals surface area contributed by atoms with Gasteiger partial charge >= 0.3 is 6.09 Å². The molecule has 0 aliphatic rings. The van der Waals surface area contributed by atoms with Crippen LogP contribution in [0.15, 0.2) is 64.4 Å². The monoisotopic (exact) mass is 518 g/mol. The van der Waals surface area contributed by atoms with Gasteiger partial charge in [-0.15, -0.1) is 4.73 Å². The quantitative estimate of drug-likeness (QED) is 0.174. The van der Waals surface area contributed by atoms with Crippen LogP contribution >= 0.6 is 0 Å². The molecule has 1 amide bonds. The molecule has 0 saturated carbocycles. The number of carbonyl (C=O) groups excluding carboxylic acids is 1. The van der Waals surface area contributed by atoms with Crippen molar-refractivity contribution in [2.75, 3.05) is 5.32 Å². The third-order valence-electron chi connectivity index (χ3n) is 5.47. The highest BCUT2D eigenvalue weighted by Gasteiger charge is 2.24. The fourth-order valence-corrected chi connectivity index (χ4v) is 5.49. The molecule has 0 saturated heterocycles. The number of benzene rings is 4. The van der Waals surface area contributed by atoms with E-state index in [-0.39, 0.29) is 32.6 Å². The van der Waals surface area contributed by atoms with Crippen molar-refractivity contribution in [1.29, 1.82) is 0 Å². The van der Waals surface area contributed by atoms with Crippen molar-refractivity contribution in [3.05, 3.63) is 54.6 Å². The van der Waals surface area contributed by atoms with E-state index in [1.165, 1.54) is 30.3 Å². The summed E-state index contributed by atoms with van der Waals surface area (Å²) in [5.74, 6) is -1.19. The summed E-state index contributed by atoms with van der Waals surface area (Å²) >= 11 is 0. The fourth-order valence-electron chi connectivity index (χ4n) is 4.09. The molecule has 1 aromatic heterocycles. The molecule has 1 heterocycles. The minimum atomic E-state index is -4.83. The van der Waals surface area contributed by atoms with Crippen molar-refractivity contribution in [1.82, 2.24) is 4.73 Å². The summed E-state index contributed by atoms with van der Waals surface area (Å²) in [5.41, 5.74) is -0.145. The Morgan fingerprint density at radius 2 is 1.29 bits per heavy atom. The van der Waals surface area contributed by atoms with Crippen LogP contribution in [-0.4, -0.2) is 47.0 Å². The number of anilines is 1. The molecule has 5 N–H and O–H groups in total. The Balaban J connectivity index is 1.80. The van der Waals surface area contributed by atoms with E-state index in [1.54, 1.807) is 6.07 Å². The SMILES string of the molecule is O=C(Nc1cc(S(=O)(=O)O)c2ccc3c(S(=O)(=O)O)ccc4ccc1c2c43)On1c(O)ccc1O. The Kier molecular flexibility index (Phi) is 4.82. The summed E-state index contributed by atoms with van der Waals surface area (Å²) in [7, 11) is -9.47. The molecule has 0 aliphatic heterocycles.